The Labute approximate surface area is 128 Å². The van der Waals surface area contributed by atoms with Gasteiger partial charge < -0.3 is 4.74 Å². The van der Waals surface area contributed by atoms with Gasteiger partial charge in [-0.25, -0.2) is 0 Å². The number of hydrogen-bond donors (Lipinski definition) is 0. The Morgan fingerprint density at radius 3 is 2.36 bits per heavy atom. The molecule has 0 heterocycles. The van der Waals surface area contributed by atoms with Gasteiger partial charge in [0.15, 0.2) is 0 Å². The van der Waals surface area contributed by atoms with Crippen molar-refractivity contribution >= 4 is 6.08 Å². The summed E-state index contributed by atoms with van der Waals surface area (Å²) in [5.74, 6) is 0.554. The highest BCUT2D eigenvalue weighted by Gasteiger charge is 2.05. The molecule has 2 aromatic carbocycles. The van der Waals surface area contributed by atoms with Crippen LogP contribution < -0.4 is 4.74 Å². The van der Waals surface area contributed by atoms with Crippen LogP contribution in [0.5, 0.6) is 5.75 Å². The molecule has 0 saturated carbocycles. The second kappa shape index (κ2) is 7.29. The molecule has 4 nitrogen and oxygen atoms in total. The fourth-order valence-corrected chi connectivity index (χ4v) is 1.89. The molecule has 0 aliphatic heterocycles. The van der Waals surface area contributed by atoms with Crippen LogP contribution in [0.15, 0.2) is 54.1 Å². The minimum Gasteiger partial charge on any atom is -0.488 e. The molecule has 0 fully saturated rings. The zero-order chi connectivity index (χ0) is 15.8. The number of nitrogens with zero attached hydrogens (tertiary/aromatic N) is 3. The van der Waals surface area contributed by atoms with Gasteiger partial charge in [0, 0.05) is 11.1 Å². The lowest BCUT2D eigenvalue weighted by Crippen LogP contribution is -1.99. The highest BCUT2D eigenvalue weighted by atomic mass is 16.5. The monoisotopic (exact) mass is 285 g/mol. The second-order valence-corrected chi connectivity index (χ2v) is 4.38. The van der Waals surface area contributed by atoms with Crippen LogP contribution in [0.4, 0.5) is 0 Å². The van der Waals surface area contributed by atoms with Gasteiger partial charge in [0.25, 0.3) is 0 Å². The summed E-state index contributed by atoms with van der Waals surface area (Å²) < 4.78 is 5.74. The molecule has 0 unspecified atom stereocenters. The summed E-state index contributed by atoms with van der Waals surface area (Å²) in [7, 11) is 0. The summed E-state index contributed by atoms with van der Waals surface area (Å²) in [6.07, 6.45) is 1.48. The number of ether oxygens (including phenoxy) is 1. The first-order valence-corrected chi connectivity index (χ1v) is 6.50. The van der Waals surface area contributed by atoms with E-state index >= 15 is 0 Å². The van der Waals surface area contributed by atoms with Gasteiger partial charge >= 0.3 is 0 Å². The molecule has 0 bridgehead atoms. The average Bonchev–Trinajstić information content (AvgIpc) is 2.58. The third-order valence-electron chi connectivity index (χ3n) is 2.98. The molecule has 2 rings (SSSR count). The van der Waals surface area contributed by atoms with Crippen molar-refractivity contribution in [3.8, 4) is 24.0 Å². The van der Waals surface area contributed by atoms with E-state index in [1.54, 1.807) is 36.4 Å². The Morgan fingerprint density at radius 1 is 0.955 bits per heavy atom. The third-order valence-corrected chi connectivity index (χ3v) is 2.98. The first-order valence-electron chi connectivity index (χ1n) is 6.50. The van der Waals surface area contributed by atoms with E-state index in [1.807, 2.05) is 24.3 Å². The molecule has 0 amide bonds. The van der Waals surface area contributed by atoms with Crippen molar-refractivity contribution in [1.82, 2.24) is 0 Å². The molecule has 0 spiro atoms. The van der Waals surface area contributed by atoms with Crippen molar-refractivity contribution in [2.45, 2.75) is 6.61 Å². The van der Waals surface area contributed by atoms with Crippen molar-refractivity contribution in [2.24, 2.45) is 0 Å². The number of nitriles is 3. The summed E-state index contributed by atoms with van der Waals surface area (Å²) in [4.78, 5) is 0. The van der Waals surface area contributed by atoms with Crippen LogP contribution in [0, 0.1) is 34.0 Å². The van der Waals surface area contributed by atoms with Crippen LogP contribution >= 0.6 is 0 Å². The summed E-state index contributed by atoms with van der Waals surface area (Å²) in [6, 6.07) is 20.1. The van der Waals surface area contributed by atoms with E-state index in [1.165, 1.54) is 6.08 Å². The molecule has 0 aliphatic carbocycles. The lowest BCUT2D eigenvalue weighted by molar-refractivity contribution is 0.305. The number of hydrogen-bond acceptors (Lipinski definition) is 4. The molecular weight excluding hydrogens is 274 g/mol. The van der Waals surface area contributed by atoms with E-state index in [9.17, 15) is 0 Å². The van der Waals surface area contributed by atoms with Crippen molar-refractivity contribution in [2.75, 3.05) is 0 Å². The predicted octanol–water partition coefficient (Wildman–Crippen LogP) is 3.57. The Hall–Kier alpha value is -3.55. The molecule has 0 aliphatic rings. The van der Waals surface area contributed by atoms with Gasteiger partial charge in [0.1, 0.15) is 30.1 Å². The van der Waals surface area contributed by atoms with Crippen molar-refractivity contribution in [3.05, 3.63) is 70.8 Å². The Bertz CT molecular complexity index is 816. The second-order valence-electron chi connectivity index (χ2n) is 4.38. The summed E-state index contributed by atoms with van der Waals surface area (Å²) in [5.41, 5.74) is 2.00. The molecule has 0 N–H and O–H groups in total. The Morgan fingerprint density at radius 2 is 1.64 bits per heavy atom. The predicted molar refractivity (Wildman–Crippen MR) is 81.1 cm³/mol. The lowest BCUT2D eigenvalue weighted by Gasteiger charge is -2.10. The van der Waals surface area contributed by atoms with Gasteiger partial charge in [-0.2, -0.15) is 15.8 Å². The number of para-hydroxylation sites is 1. The zero-order valence-electron chi connectivity index (χ0n) is 11.7. The molecular formula is C18H11N3O. The van der Waals surface area contributed by atoms with Crippen LogP contribution in [0.25, 0.3) is 6.08 Å². The topological polar surface area (TPSA) is 80.6 Å². The van der Waals surface area contributed by atoms with Crippen molar-refractivity contribution in [3.63, 3.8) is 0 Å². The van der Waals surface area contributed by atoms with Gasteiger partial charge in [0.2, 0.25) is 0 Å². The lowest BCUT2D eigenvalue weighted by atomic mass is 10.1. The fraction of sp³-hybridized carbons (Fsp3) is 0.0556. The summed E-state index contributed by atoms with van der Waals surface area (Å²) in [5, 5.41) is 26.7. The minimum absolute atomic E-state index is 0.00785. The minimum atomic E-state index is 0.00785. The third kappa shape index (κ3) is 3.51. The molecule has 4 heteroatoms. The van der Waals surface area contributed by atoms with E-state index in [-0.39, 0.29) is 12.2 Å². The zero-order valence-corrected chi connectivity index (χ0v) is 11.7. The largest absolute Gasteiger partial charge is 0.488 e. The Kier molecular flexibility index (Phi) is 4.92. The molecule has 22 heavy (non-hydrogen) atoms. The first-order chi connectivity index (χ1) is 10.8. The maximum Gasteiger partial charge on any atom is 0.130 e. The molecule has 2 aromatic rings. The van der Waals surface area contributed by atoms with Gasteiger partial charge in [-0.05, 0) is 18.2 Å². The standard InChI is InChI=1S/C18H11N3O/c19-10-14(11-20)9-15-5-3-4-8-18(15)22-13-17-7-2-1-6-16(17)12-21/h1-9H,13H2. The molecule has 0 atom stereocenters. The van der Waals surface area contributed by atoms with E-state index < -0.39 is 0 Å². The normalized spacial score (nSPS) is 8.95. The Balaban J connectivity index is 2.25. The van der Waals surface area contributed by atoms with Crippen molar-refractivity contribution in [1.29, 1.82) is 15.8 Å². The average molecular weight is 285 g/mol. The molecule has 0 aromatic heterocycles. The fourth-order valence-electron chi connectivity index (χ4n) is 1.89. The number of rotatable bonds is 4. The quantitative estimate of drug-likeness (QED) is 0.804. The van der Waals surface area contributed by atoms with E-state index in [0.717, 1.165) is 5.56 Å². The SMILES string of the molecule is N#CC(C#N)=Cc1ccccc1OCc1ccccc1C#N. The van der Waals surface area contributed by atoms with Gasteiger partial charge in [-0.1, -0.05) is 36.4 Å². The van der Waals surface area contributed by atoms with Crippen LogP contribution in [-0.4, -0.2) is 0 Å². The summed E-state index contributed by atoms with van der Waals surface area (Å²) >= 11 is 0. The first kappa shape index (κ1) is 14.9. The van der Waals surface area contributed by atoms with Crippen LogP contribution in [-0.2, 0) is 6.61 Å². The van der Waals surface area contributed by atoms with E-state index in [0.29, 0.717) is 16.9 Å². The highest BCUT2D eigenvalue weighted by molar-refractivity contribution is 5.66. The molecule has 0 saturated heterocycles. The maximum atomic E-state index is 9.07. The molecule has 104 valence electrons. The van der Waals surface area contributed by atoms with Crippen molar-refractivity contribution < 1.29 is 4.74 Å². The molecule has 0 radical (unpaired) electrons. The van der Waals surface area contributed by atoms with E-state index in [4.69, 9.17) is 20.5 Å². The number of benzene rings is 2. The van der Waals surface area contributed by atoms with Crippen LogP contribution in [0.1, 0.15) is 16.7 Å². The number of allylic oxidation sites excluding steroid dienone is 1. The maximum absolute atomic E-state index is 9.07. The van der Waals surface area contributed by atoms with Gasteiger partial charge in [0.05, 0.1) is 11.6 Å². The highest BCUT2D eigenvalue weighted by Crippen LogP contribution is 2.22. The van der Waals surface area contributed by atoms with E-state index in [2.05, 4.69) is 6.07 Å². The van der Waals surface area contributed by atoms with Crippen LogP contribution in [0.2, 0.25) is 0 Å². The van der Waals surface area contributed by atoms with Gasteiger partial charge in [-0.15, -0.1) is 0 Å². The summed E-state index contributed by atoms with van der Waals surface area (Å²) in [6.45, 7) is 0.239. The van der Waals surface area contributed by atoms with Gasteiger partial charge in [-0.3, -0.25) is 0 Å². The van der Waals surface area contributed by atoms with Crippen LogP contribution in [0.3, 0.4) is 0 Å². The smallest absolute Gasteiger partial charge is 0.130 e.